The summed E-state index contributed by atoms with van der Waals surface area (Å²) in [4.78, 5) is 24.7. The molecule has 46 heavy (non-hydrogen) atoms. The SMILES string of the molecule is c1ccc(-c2c3ccccc3nc3c2ccc2ccc(-c4ccc5cc(-c6cccc(-c7ccccn7)n6)ccc5n4)nc23)cc1. The number of rotatable bonds is 4. The van der Waals surface area contributed by atoms with Crippen LogP contribution < -0.4 is 0 Å². The van der Waals surface area contributed by atoms with Crippen LogP contribution in [0.4, 0.5) is 0 Å². The molecule has 0 N–H and O–H groups in total. The third kappa shape index (κ3) is 4.45. The molecule has 9 rings (SSSR count). The molecule has 0 aliphatic heterocycles. The molecule has 0 saturated carbocycles. The Balaban J connectivity index is 1.15. The molecule has 0 atom stereocenters. The van der Waals surface area contributed by atoms with Gasteiger partial charge in [-0.3, -0.25) is 4.98 Å². The van der Waals surface area contributed by atoms with Crippen LogP contribution in [0.3, 0.4) is 0 Å². The van der Waals surface area contributed by atoms with Gasteiger partial charge in [0, 0.05) is 38.9 Å². The predicted octanol–water partition coefficient (Wildman–Crippen LogP) is 9.94. The number of nitrogens with zero attached hydrogens (tertiary/aromatic N) is 5. The maximum Gasteiger partial charge on any atom is 0.0978 e. The number of fused-ring (bicyclic) bond motifs is 5. The van der Waals surface area contributed by atoms with Gasteiger partial charge < -0.3 is 0 Å². The first-order valence-corrected chi connectivity index (χ1v) is 15.3. The van der Waals surface area contributed by atoms with Crippen LogP contribution in [0.15, 0.2) is 152 Å². The predicted molar refractivity (Wildman–Crippen MR) is 187 cm³/mol. The number of benzene rings is 4. The second kappa shape index (κ2) is 10.7. The Morgan fingerprint density at radius 1 is 0.348 bits per heavy atom. The van der Waals surface area contributed by atoms with Gasteiger partial charge >= 0.3 is 0 Å². The summed E-state index contributed by atoms with van der Waals surface area (Å²) in [5.74, 6) is 0. The molecule has 0 fully saturated rings. The molecule has 5 nitrogen and oxygen atoms in total. The molecule has 5 heteroatoms. The fraction of sp³-hybridized carbons (Fsp3) is 0. The maximum absolute atomic E-state index is 5.18. The minimum absolute atomic E-state index is 0.812. The van der Waals surface area contributed by atoms with Crippen molar-refractivity contribution in [2.75, 3.05) is 0 Å². The topological polar surface area (TPSA) is 64.5 Å². The molecule has 5 heterocycles. The van der Waals surface area contributed by atoms with E-state index in [9.17, 15) is 0 Å². The number of hydrogen-bond donors (Lipinski definition) is 0. The molecule has 0 unspecified atom stereocenters. The van der Waals surface area contributed by atoms with Crippen LogP contribution in [0.2, 0.25) is 0 Å². The monoisotopic (exact) mass is 587 g/mol. The van der Waals surface area contributed by atoms with Crippen LogP contribution in [0, 0.1) is 0 Å². The first kappa shape index (κ1) is 26.1. The van der Waals surface area contributed by atoms with Crippen molar-refractivity contribution in [3.05, 3.63) is 152 Å². The summed E-state index contributed by atoms with van der Waals surface area (Å²) < 4.78 is 0. The van der Waals surface area contributed by atoms with Gasteiger partial charge in [-0.05, 0) is 60.2 Å². The van der Waals surface area contributed by atoms with Crippen molar-refractivity contribution in [2.24, 2.45) is 0 Å². The van der Waals surface area contributed by atoms with Crippen molar-refractivity contribution in [3.63, 3.8) is 0 Å². The van der Waals surface area contributed by atoms with Gasteiger partial charge in [0.15, 0.2) is 0 Å². The number of pyridine rings is 5. The molecule has 0 aliphatic rings. The summed E-state index contributed by atoms with van der Waals surface area (Å²) in [5, 5.41) is 4.30. The Kier molecular flexibility index (Phi) is 6.06. The summed E-state index contributed by atoms with van der Waals surface area (Å²) in [6.07, 6.45) is 1.79. The average Bonchev–Trinajstić information content (AvgIpc) is 3.14. The van der Waals surface area contributed by atoms with Gasteiger partial charge in [0.1, 0.15) is 0 Å². The molecular weight excluding hydrogens is 562 g/mol. The second-order valence-corrected chi connectivity index (χ2v) is 11.3. The quantitative estimate of drug-likeness (QED) is 0.151. The van der Waals surface area contributed by atoms with E-state index < -0.39 is 0 Å². The highest BCUT2D eigenvalue weighted by Gasteiger charge is 2.15. The lowest BCUT2D eigenvalue weighted by Gasteiger charge is -2.13. The highest BCUT2D eigenvalue weighted by molar-refractivity contribution is 6.16. The summed E-state index contributed by atoms with van der Waals surface area (Å²) in [6, 6.07) is 49.7. The number of aromatic nitrogens is 5. The fourth-order valence-electron chi connectivity index (χ4n) is 6.28. The van der Waals surface area contributed by atoms with Crippen molar-refractivity contribution < 1.29 is 0 Å². The lowest BCUT2D eigenvalue weighted by atomic mass is 9.95. The lowest BCUT2D eigenvalue weighted by Crippen LogP contribution is -1.94. The van der Waals surface area contributed by atoms with E-state index in [1.807, 2.05) is 60.7 Å². The van der Waals surface area contributed by atoms with E-state index in [-0.39, 0.29) is 0 Å². The number of para-hydroxylation sites is 1. The van der Waals surface area contributed by atoms with Gasteiger partial charge in [-0.1, -0.05) is 91.0 Å². The fourth-order valence-corrected chi connectivity index (χ4v) is 6.28. The molecule has 0 radical (unpaired) electrons. The van der Waals surface area contributed by atoms with E-state index in [0.717, 1.165) is 83.2 Å². The molecule has 5 aromatic heterocycles. The molecule has 0 spiro atoms. The minimum Gasteiger partial charge on any atom is -0.255 e. The number of hydrogen-bond acceptors (Lipinski definition) is 5. The van der Waals surface area contributed by atoms with Crippen molar-refractivity contribution in [2.45, 2.75) is 0 Å². The Morgan fingerprint density at radius 2 is 1.09 bits per heavy atom. The zero-order valence-corrected chi connectivity index (χ0v) is 24.7. The standard InChI is InChI=1S/C41H25N5/c1-2-9-26(10-3-1)39-30-11-4-5-12-34(30)45-41-31(39)20-16-27-17-22-38(46-40(27)41)37-23-19-29-25-28(18-21-33(29)44-37)32-14-8-15-36(43-32)35-13-6-7-24-42-35/h1-25H. The third-order valence-electron chi connectivity index (χ3n) is 8.50. The molecule has 0 saturated heterocycles. The van der Waals surface area contributed by atoms with Crippen LogP contribution in [-0.2, 0) is 0 Å². The molecular formula is C41H25N5. The van der Waals surface area contributed by atoms with E-state index in [2.05, 4.69) is 89.9 Å². The summed E-state index contributed by atoms with van der Waals surface area (Å²) in [5.41, 5.74) is 11.2. The first-order valence-electron chi connectivity index (χ1n) is 15.3. The van der Waals surface area contributed by atoms with Crippen LogP contribution >= 0.6 is 0 Å². The Morgan fingerprint density at radius 3 is 1.98 bits per heavy atom. The van der Waals surface area contributed by atoms with Crippen molar-refractivity contribution >= 4 is 43.6 Å². The highest BCUT2D eigenvalue weighted by Crippen LogP contribution is 2.37. The lowest BCUT2D eigenvalue weighted by molar-refractivity contribution is 1.25. The molecule has 0 amide bonds. The van der Waals surface area contributed by atoms with Gasteiger partial charge in [-0.15, -0.1) is 0 Å². The van der Waals surface area contributed by atoms with Crippen molar-refractivity contribution in [1.82, 2.24) is 24.9 Å². The molecule has 0 bridgehead atoms. The van der Waals surface area contributed by atoms with E-state index >= 15 is 0 Å². The minimum atomic E-state index is 0.812. The van der Waals surface area contributed by atoms with Gasteiger partial charge in [0.2, 0.25) is 0 Å². The van der Waals surface area contributed by atoms with Crippen LogP contribution in [0.1, 0.15) is 0 Å². The normalized spacial score (nSPS) is 11.5. The van der Waals surface area contributed by atoms with Gasteiger partial charge in [0.25, 0.3) is 0 Å². The van der Waals surface area contributed by atoms with E-state index in [1.54, 1.807) is 6.20 Å². The van der Waals surface area contributed by atoms with Crippen molar-refractivity contribution in [1.29, 1.82) is 0 Å². The zero-order valence-electron chi connectivity index (χ0n) is 24.7. The third-order valence-corrected chi connectivity index (χ3v) is 8.50. The summed E-state index contributed by atoms with van der Waals surface area (Å²) in [6.45, 7) is 0. The van der Waals surface area contributed by atoms with E-state index in [1.165, 1.54) is 5.56 Å². The van der Waals surface area contributed by atoms with Gasteiger partial charge in [-0.25, -0.2) is 19.9 Å². The Labute approximate surface area is 264 Å². The van der Waals surface area contributed by atoms with Crippen LogP contribution in [-0.4, -0.2) is 24.9 Å². The van der Waals surface area contributed by atoms with E-state index in [0.29, 0.717) is 0 Å². The average molecular weight is 588 g/mol. The molecule has 9 aromatic rings. The van der Waals surface area contributed by atoms with Crippen molar-refractivity contribution in [3.8, 4) is 45.2 Å². The largest absolute Gasteiger partial charge is 0.255 e. The molecule has 4 aromatic carbocycles. The summed E-state index contributed by atoms with van der Waals surface area (Å²) in [7, 11) is 0. The van der Waals surface area contributed by atoms with Crippen LogP contribution in [0.5, 0.6) is 0 Å². The molecule has 214 valence electrons. The molecule has 0 aliphatic carbocycles. The maximum atomic E-state index is 5.18. The van der Waals surface area contributed by atoms with Gasteiger partial charge in [-0.2, -0.15) is 0 Å². The van der Waals surface area contributed by atoms with Crippen LogP contribution in [0.25, 0.3) is 88.8 Å². The van der Waals surface area contributed by atoms with Gasteiger partial charge in [0.05, 0.1) is 50.5 Å². The summed E-state index contributed by atoms with van der Waals surface area (Å²) >= 11 is 0. The van der Waals surface area contributed by atoms with E-state index in [4.69, 9.17) is 19.9 Å². The second-order valence-electron chi connectivity index (χ2n) is 11.3. The Hall–Kier alpha value is -6.33. The highest BCUT2D eigenvalue weighted by atomic mass is 14.8. The zero-order chi connectivity index (χ0) is 30.5. The Bertz CT molecular complexity index is 2580. The smallest absolute Gasteiger partial charge is 0.0978 e. The first-order chi connectivity index (χ1) is 22.8.